The molecular weight excluding hydrogens is 367 g/mol. The molecule has 0 saturated heterocycles. The Morgan fingerprint density at radius 3 is 2.90 bits per heavy atom. The number of aryl methyl sites for hydroxylation is 2. The fourth-order valence-corrected chi connectivity index (χ4v) is 2.63. The molecule has 0 atom stereocenters. The van der Waals surface area contributed by atoms with Crippen molar-refractivity contribution in [1.29, 1.82) is 0 Å². The van der Waals surface area contributed by atoms with E-state index < -0.39 is 0 Å². The third kappa shape index (κ3) is 4.06. The number of hydrogen-bond donors (Lipinski definition) is 1. The maximum atomic E-state index is 11.5. The molecule has 0 aliphatic heterocycles. The lowest BCUT2D eigenvalue weighted by atomic mass is 10.1. The molecule has 0 amide bonds. The lowest BCUT2D eigenvalue weighted by Crippen LogP contribution is -2.04. The highest BCUT2D eigenvalue weighted by Crippen LogP contribution is 2.14. The maximum absolute atomic E-state index is 11.5. The van der Waals surface area contributed by atoms with E-state index in [1.165, 1.54) is 9.13 Å². The zero-order chi connectivity index (χ0) is 14.4. The third-order valence-electron chi connectivity index (χ3n) is 2.97. The first kappa shape index (κ1) is 15.0. The standard InChI is InChI=1S/C15H17IN2O2/c1-2-20-15(19)14-10-12(17-18-14)8-5-7-11-6-3-4-9-13(11)16/h3-4,6,9-10H,2,5,7-8H2,1H3,(H,17,18). The summed E-state index contributed by atoms with van der Waals surface area (Å²) in [5, 5.41) is 6.87. The van der Waals surface area contributed by atoms with Crippen molar-refractivity contribution >= 4 is 28.6 Å². The molecule has 2 rings (SSSR count). The zero-order valence-electron chi connectivity index (χ0n) is 11.4. The molecule has 0 aliphatic carbocycles. The number of carbonyl (C=O) groups excluding carboxylic acids is 1. The van der Waals surface area contributed by atoms with Crippen LogP contribution in [0.4, 0.5) is 0 Å². The molecule has 0 spiro atoms. The number of nitrogens with one attached hydrogen (secondary N) is 1. The first-order chi connectivity index (χ1) is 9.70. The van der Waals surface area contributed by atoms with Gasteiger partial charge in [-0.05, 0) is 66.5 Å². The maximum Gasteiger partial charge on any atom is 0.358 e. The number of aromatic amines is 1. The van der Waals surface area contributed by atoms with Crippen molar-refractivity contribution in [3.63, 3.8) is 0 Å². The number of nitrogens with zero attached hydrogens (tertiary/aromatic N) is 1. The van der Waals surface area contributed by atoms with Crippen molar-refractivity contribution in [3.8, 4) is 0 Å². The van der Waals surface area contributed by atoms with E-state index in [2.05, 4.69) is 51.0 Å². The van der Waals surface area contributed by atoms with Crippen LogP contribution >= 0.6 is 22.6 Å². The minimum absolute atomic E-state index is 0.358. The predicted octanol–water partition coefficient (Wildman–Crippen LogP) is 3.37. The van der Waals surface area contributed by atoms with E-state index in [0.717, 1.165) is 25.0 Å². The van der Waals surface area contributed by atoms with E-state index >= 15 is 0 Å². The molecule has 106 valence electrons. The Hall–Kier alpha value is -1.37. The predicted molar refractivity (Wildman–Crippen MR) is 85.7 cm³/mol. The summed E-state index contributed by atoms with van der Waals surface area (Å²) in [6, 6.07) is 10.1. The molecule has 5 heteroatoms. The van der Waals surface area contributed by atoms with Crippen LogP contribution in [-0.2, 0) is 17.6 Å². The highest BCUT2D eigenvalue weighted by molar-refractivity contribution is 14.1. The largest absolute Gasteiger partial charge is 0.461 e. The van der Waals surface area contributed by atoms with Gasteiger partial charge in [-0.2, -0.15) is 5.10 Å². The number of carbonyl (C=O) groups is 1. The Morgan fingerprint density at radius 2 is 2.15 bits per heavy atom. The van der Waals surface area contributed by atoms with Gasteiger partial charge in [-0.3, -0.25) is 5.10 Å². The van der Waals surface area contributed by atoms with Crippen LogP contribution in [0.25, 0.3) is 0 Å². The SMILES string of the molecule is CCOC(=O)c1cc(CCCc2ccccc2I)[nH]n1. The molecule has 4 nitrogen and oxygen atoms in total. The number of ether oxygens (including phenoxy) is 1. The number of halogens is 1. The number of H-pyrrole nitrogens is 1. The van der Waals surface area contributed by atoms with Gasteiger partial charge in [0.25, 0.3) is 0 Å². The first-order valence-corrected chi connectivity index (χ1v) is 7.73. The van der Waals surface area contributed by atoms with Crippen molar-refractivity contribution in [2.24, 2.45) is 0 Å². The van der Waals surface area contributed by atoms with E-state index in [1.54, 1.807) is 13.0 Å². The molecule has 0 unspecified atom stereocenters. The van der Waals surface area contributed by atoms with Crippen LogP contribution in [0.15, 0.2) is 30.3 Å². The van der Waals surface area contributed by atoms with Crippen LogP contribution < -0.4 is 0 Å². The van der Waals surface area contributed by atoms with Gasteiger partial charge in [-0.1, -0.05) is 18.2 Å². The topological polar surface area (TPSA) is 55.0 Å². The van der Waals surface area contributed by atoms with Gasteiger partial charge in [0.2, 0.25) is 0 Å². The molecule has 20 heavy (non-hydrogen) atoms. The monoisotopic (exact) mass is 384 g/mol. The van der Waals surface area contributed by atoms with Crippen LogP contribution in [0.1, 0.15) is 35.1 Å². The molecular formula is C15H17IN2O2. The van der Waals surface area contributed by atoms with Gasteiger partial charge >= 0.3 is 5.97 Å². The molecule has 1 aromatic heterocycles. The Balaban J connectivity index is 1.86. The summed E-state index contributed by atoms with van der Waals surface area (Å²) < 4.78 is 6.20. The number of hydrogen-bond acceptors (Lipinski definition) is 3. The summed E-state index contributed by atoms with van der Waals surface area (Å²) >= 11 is 2.36. The summed E-state index contributed by atoms with van der Waals surface area (Å²) in [4.78, 5) is 11.5. The molecule has 0 radical (unpaired) electrons. The highest BCUT2D eigenvalue weighted by atomic mass is 127. The summed E-state index contributed by atoms with van der Waals surface area (Å²) in [5.74, 6) is -0.368. The molecule has 0 fully saturated rings. The number of aromatic nitrogens is 2. The molecule has 0 saturated carbocycles. The van der Waals surface area contributed by atoms with Crippen LogP contribution in [-0.4, -0.2) is 22.8 Å². The van der Waals surface area contributed by atoms with Gasteiger partial charge in [-0.15, -0.1) is 0 Å². The van der Waals surface area contributed by atoms with Crippen LogP contribution in [0.2, 0.25) is 0 Å². The lowest BCUT2D eigenvalue weighted by molar-refractivity contribution is 0.0519. The minimum atomic E-state index is -0.368. The van der Waals surface area contributed by atoms with Crippen LogP contribution in [0.5, 0.6) is 0 Å². The fraction of sp³-hybridized carbons (Fsp3) is 0.333. The van der Waals surface area contributed by atoms with Crippen molar-refractivity contribution < 1.29 is 9.53 Å². The number of rotatable bonds is 6. The summed E-state index contributed by atoms with van der Waals surface area (Å²) in [7, 11) is 0. The Morgan fingerprint density at radius 1 is 1.35 bits per heavy atom. The smallest absolute Gasteiger partial charge is 0.358 e. The fourth-order valence-electron chi connectivity index (χ4n) is 1.97. The summed E-state index contributed by atoms with van der Waals surface area (Å²) in [6.07, 6.45) is 2.91. The van der Waals surface area contributed by atoms with E-state index in [4.69, 9.17) is 4.74 Å². The van der Waals surface area contributed by atoms with Crippen molar-refractivity contribution in [3.05, 3.63) is 50.9 Å². The minimum Gasteiger partial charge on any atom is -0.461 e. The van der Waals surface area contributed by atoms with Crippen LogP contribution in [0, 0.1) is 3.57 Å². The Labute approximate surface area is 132 Å². The van der Waals surface area contributed by atoms with Gasteiger partial charge in [0.1, 0.15) is 0 Å². The van der Waals surface area contributed by atoms with Gasteiger partial charge in [-0.25, -0.2) is 4.79 Å². The normalized spacial score (nSPS) is 10.5. The van der Waals surface area contributed by atoms with Crippen LogP contribution in [0.3, 0.4) is 0 Å². The van der Waals surface area contributed by atoms with Crippen molar-refractivity contribution in [2.45, 2.75) is 26.2 Å². The number of esters is 1. The second-order valence-corrected chi connectivity index (χ2v) is 5.61. The van der Waals surface area contributed by atoms with Crippen molar-refractivity contribution in [1.82, 2.24) is 10.2 Å². The van der Waals surface area contributed by atoms with E-state index in [1.807, 2.05) is 6.07 Å². The quantitative estimate of drug-likeness (QED) is 0.614. The Bertz CT molecular complexity index is 581. The average Bonchev–Trinajstić information content (AvgIpc) is 2.90. The summed E-state index contributed by atoms with van der Waals surface area (Å²) in [5.41, 5.74) is 2.69. The second kappa shape index (κ2) is 7.42. The van der Waals surface area contributed by atoms with Gasteiger partial charge in [0, 0.05) is 9.26 Å². The molecule has 0 aliphatic rings. The lowest BCUT2D eigenvalue weighted by Gasteiger charge is -2.03. The van der Waals surface area contributed by atoms with Gasteiger partial charge < -0.3 is 4.74 Å². The molecule has 1 aromatic carbocycles. The first-order valence-electron chi connectivity index (χ1n) is 6.65. The van der Waals surface area contributed by atoms with Crippen molar-refractivity contribution in [2.75, 3.05) is 6.61 Å². The van der Waals surface area contributed by atoms with Gasteiger partial charge in [0.15, 0.2) is 5.69 Å². The zero-order valence-corrected chi connectivity index (χ0v) is 13.5. The summed E-state index contributed by atoms with van der Waals surface area (Å²) in [6.45, 7) is 2.15. The third-order valence-corrected chi connectivity index (χ3v) is 4.02. The number of benzene rings is 1. The van der Waals surface area contributed by atoms with E-state index in [9.17, 15) is 4.79 Å². The second-order valence-electron chi connectivity index (χ2n) is 4.44. The highest BCUT2D eigenvalue weighted by Gasteiger charge is 2.11. The van der Waals surface area contributed by atoms with Gasteiger partial charge in [0.05, 0.1) is 6.61 Å². The molecule has 0 bridgehead atoms. The Kier molecular flexibility index (Phi) is 5.58. The molecule has 1 heterocycles. The van der Waals surface area contributed by atoms with E-state index in [-0.39, 0.29) is 5.97 Å². The van der Waals surface area contributed by atoms with E-state index in [0.29, 0.717) is 12.3 Å². The molecule has 1 N–H and O–H groups in total. The molecule has 2 aromatic rings. The average molecular weight is 384 g/mol.